The number of hydrogen-bond acceptors (Lipinski definition) is 6. The van der Waals surface area contributed by atoms with Crippen LogP contribution in [0, 0.1) is 0 Å². The largest absolute Gasteiger partial charge is 0.497 e. The van der Waals surface area contributed by atoms with Crippen molar-refractivity contribution in [2.45, 2.75) is 23.5 Å². The standard InChI is InChI=1S/C12H17N3O5S/c1-20-8-2-3-11(9(13)5-8)21(18,19)15-6-7(16)4-10(15)12(14)17/h2-3,5,7,10,16H,4,6,13H2,1H3,(H2,14,17). The molecule has 5 N–H and O–H groups in total. The molecule has 2 atom stereocenters. The van der Waals surface area contributed by atoms with Gasteiger partial charge in [-0.1, -0.05) is 0 Å². The lowest BCUT2D eigenvalue weighted by molar-refractivity contribution is -0.121. The molecule has 1 heterocycles. The molecule has 116 valence electrons. The van der Waals surface area contributed by atoms with E-state index in [4.69, 9.17) is 16.2 Å². The number of β-amino-alcohol motifs (C(OH)–C–C–N with tert-alkyl or cyclic N) is 1. The summed E-state index contributed by atoms with van der Waals surface area (Å²) in [4.78, 5) is 11.2. The first-order valence-corrected chi connectivity index (χ1v) is 7.64. The average molecular weight is 315 g/mol. The summed E-state index contributed by atoms with van der Waals surface area (Å²) in [6.45, 7) is -0.193. The minimum absolute atomic E-state index is 0.000963. The van der Waals surface area contributed by atoms with E-state index in [-0.39, 0.29) is 23.5 Å². The summed E-state index contributed by atoms with van der Waals surface area (Å²) in [6, 6.07) is 3.05. The molecular weight excluding hydrogens is 298 g/mol. The molecule has 0 spiro atoms. The number of rotatable bonds is 4. The number of carbonyl (C=O) groups is 1. The SMILES string of the molecule is COc1ccc(S(=O)(=O)N2CC(O)CC2C(N)=O)c(N)c1. The van der Waals surface area contributed by atoms with Crippen molar-refractivity contribution < 1.29 is 23.1 Å². The summed E-state index contributed by atoms with van der Waals surface area (Å²) in [6.07, 6.45) is -0.957. The quantitative estimate of drug-likeness (QED) is 0.603. The molecule has 0 saturated carbocycles. The molecule has 8 nitrogen and oxygen atoms in total. The molecule has 1 amide bonds. The summed E-state index contributed by atoms with van der Waals surface area (Å²) >= 11 is 0. The van der Waals surface area contributed by atoms with Gasteiger partial charge >= 0.3 is 0 Å². The number of nitrogens with zero attached hydrogens (tertiary/aromatic N) is 1. The molecule has 1 aliphatic heterocycles. The Morgan fingerprint density at radius 1 is 1.48 bits per heavy atom. The fraction of sp³-hybridized carbons (Fsp3) is 0.417. The van der Waals surface area contributed by atoms with E-state index in [1.54, 1.807) is 0 Å². The van der Waals surface area contributed by atoms with Crippen LogP contribution in [0.5, 0.6) is 5.75 Å². The van der Waals surface area contributed by atoms with E-state index in [0.717, 1.165) is 4.31 Å². The van der Waals surface area contributed by atoms with Crippen molar-refractivity contribution in [3.05, 3.63) is 18.2 Å². The highest BCUT2D eigenvalue weighted by atomic mass is 32.2. The molecular formula is C12H17N3O5S. The maximum absolute atomic E-state index is 12.6. The zero-order chi connectivity index (χ0) is 15.8. The highest BCUT2D eigenvalue weighted by molar-refractivity contribution is 7.89. The third kappa shape index (κ3) is 2.80. The number of nitrogen functional groups attached to an aromatic ring is 1. The van der Waals surface area contributed by atoms with Crippen molar-refractivity contribution >= 4 is 21.6 Å². The first kappa shape index (κ1) is 15.5. The summed E-state index contributed by atoms with van der Waals surface area (Å²) in [7, 11) is -2.60. The third-order valence-electron chi connectivity index (χ3n) is 3.37. The number of methoxy groups -OCH3 is 1. The number of amides is 1. The molecule has 0 bridgehead atoms. The van der Waals surface area contributed by atoms with Crippen molar-refractivity contribution in [3.8, 4) is 5.75 Å². The predicted octanol–water partition coefficient (Wildman–Crippen LogP) is -1.11. The fourth-order valence-electron chi connectivity index (χ4n) is 2.32. The lowest BCUT2D eigenvalue weighted by Gasteiger charge is -2.22. The molecule has 1 aromatic rings. The van der Waals surface area contributed by atoms with E-state index < -0.39 is 28.1 Å². The zero-order valence-electron chi connectivity index (χ0n) is 11.4. The van der Waals surface area contributed by atoms with Crippen LogP contribution in [0.3, 0.4) is 0 Å². The van der Waals surface area contributed by atoms with Crippen LogP contribution in [0.25, 0.3) is 0 Å². The van der Waals surface area contributed by atoms with Gasteiger partial charge in [0.25, 0.3) is 0 Å². The van der Waals surface area contributed by atoms with E-state index in [9.17, 15) is 18.3 Å². The Balaban J connectivity index is 2.44. The van der Waals surface area contributed by atoms with E-state index in [0.29, 0.717) is 5.75 Å². The maximum atomic E-state index is 12.6. The van der Waals surface area contributed by atoms with Gasteiger partial charge in [0, 0.05) is 19.0 Å². The van der Waals surface area contributed by atoms with Gasteiger partial charge in [-0.25, -0.2) is 8.42 Å². The minimum atomic E-state index is -4.03. The van der Waals surface area contributed by atoms with Gasteiger partial charge in [0.1, 0.15) is 16.7 Å². The third-order valence-corrected chi connectivity index (χ3v) is 5.31. The first-order valence-electron chi connectivity index (χ1n) is 6.20. The second-order valence-electron chi connectivity index (χ2n) is 4.79. The molecule has 2 unspecified atom stereocenters. The monoisotopic (exact) mass is 315 g/mol. The molecule has 21 heavy (non-hydrogen) atoms. The molecule has 1 saturated heterocycles. The Bertz CT molecular complexity index is 661. The zero-order valence-corrected chi connectivity index (χ0v) is 12.2. The number of hydrogen-bond donors (Lipinski definition) is 3. The summed E-state index contributed by atoms with van der Waals surface area (Å²) in [5, 5.41) is 9.62. The van der Waals surface area contributed by atoms with Gasteiger partial charge in [-0.15, -0.1) is 0 Å². The average Bonchev–Trinajstić information content (AvgIpc) is 2.81. The lowest BCUT2D eigenvalue weighted by Crippen LogP contribution is -2.43. The van der Waals surface area contributed by atoms with Crippen molar-refractivity contribution in [1.29, 1.82) is 0 Å². The number of carbonyl (C=O) groups excluding carboxylic acids is 1. The number of sulfonamides is 1. The van der Waals surface area contributed by atoms with Gasteiger partial charge in [-0.3, -0.25) is 4.79 Å². The normalized spacial score (nSPS) is 23.1. The van der Waals surface area contributed by atoms with Crippen LogP contribution in [-0.4, -0.2) is 49.5 Å². The Kier molecular flexibility index (Phi) is 4.08. The van der Waals surface area contributed by atoms with Gasteiger partial charge in [-0.2, -0.15) is 4.31 Å². The highest BCUT2D eigenvalue weighted by Gasteiger charge is 2.43. The van der Waals surface area contributed by atoms with Crippen LogP contribution in [-0.2, 0) is 14.8 Å². The van der Waals surface area contributed by atoms with Gasteiger partial charge in [0.15, 0.2) is 0 Å². The molecule has 1 aliphatic rings. The van der Waals surface area contributed by atoms with Crippen LogP contribution < -0.4 is 16.2 Å². The van der Waals surface area contributed by atoms with Gasteiger partial charge in [-0.05, 0) is 12.1 Å². The Morgan fingerprint density at radius 2 is 2.14 bits per heavy atom. The topological polar surface area (TPSA) is 136 Å². The smallest absolute Gasteiger partial charge is 0.245 e. The molecule has 0 aliphatic carbocycles. The van der Waals surface area contributed by atoms with Crippen molar-refractivity contribution in [2.24, 2.45) is 5.73 Å². The summed E-state index contributed by atoms with van der Waals surface area (Å²) in [5.41, 5.74) is 10.9. The second-order valence-corrected chi connectivity index (χ2v) is 6.65. The molecule has 1 fully saturated rings. The van der Waals surface area contributed by atoms with Crippen LogP contribution in [0.15, 0.2) is 23.1 Å². The van der Waals surface area contributed by atoms with E-state index >= 15 is 0 Å². The predicted molar refractivity (Wildman–Crippen MR) is 74.9 cm³/mol. The summed E-state index contributed by atoms with van der Waals surface area (Å²) in [5.74, 6) is -0.387. The number of primary amides is 1. The maximum Gasteiger partial charge on any atom is 0.245 e. The van der Waals surface area contributed by atoms with E-state index in [2.05, 4.69) is 0 Å². The Hall–Kier alpha value is -1.84. The van der Waals surface area contributed by atoms with E-state index in [1.165, 1.54) is 25.3 Å². The number of ether oxygens (including phenoxy) is 1. The first-order chi connectivity index (χ1) is 9.77. The van der Waals surface area contributed by atoms with Gasteiger partial charge < -0.3 is 21.3 Å². The van der Waals surface area contributed by atoms with Gasteiger partial charge in [0.2, 0.25) is 15.9 Å². The molecule has 9 heteroatoms. The Morgan fingerprint density at radius 3 is 2.67 bits per heavy atom. The van der Waals surface area contributed by atoms with Crippen LogP contribution in [0.4, 0.5) is 5.69 Å². The number of aliphatic hydroxyl groups excluding tert-OH is 1. The number of benzene rings is 1. The molecule has 0 aromatic heterocycles. The number of aliphatic hydroxyl groups is 1. The number of nitrogens with two attached hydrogens (primary N) is 2. The lowest BCUT2D eigenvalue weighted by atomic mass is 10.2. The minimum Gasteiger partial charge on any atom is -0.497 e. The molecule has 1 aromatic carbocycles. The van der Waals surface area contributed by atoms with Crippen LogP contribution in [0.2, 0.25) is 0 Å². The molecule has 0 radical (unpaired) electrons. The van der Waals surface area contributed by atoms with Crippen molar-refractivity contribution in [2.75, 3.05) is 19.4 Å². The van der Waals surface area contributed by atoms with E-state index in [1.807, 2.05) is 0 Å². The van der Waals surface area contributed by atoms with Crippen LogP contribution >= 0.6 is 0 Å². The summed E-state index contributed by atoms with van der Waals surface area (Å²) < 4.78 is 31.1. The Labute approximate surface area is 122 Å². The van der Waals surface area contributed by atoms with Crippen molar-refractivity contribution in [3.63, 3.8) is 0 Å². The van der Waals surface area contributed by atoms with Gasteiger partial charge in [0.05, 0.1) is 18.9 Å². The van der Waals surface area contributed by atoms with Crippen molar-refractivity contribution in [1.82, 2.24) is 4.31 Å². The second kappa shape index (κ2) is 5.51. The highest BCUT2D eigenvalue weighted by Crippen LogP contribution is 2.31. The fourth-order valence-corrected chi connectivity index (χ4v) is 4.07. The molecule has 2 rings (SSSR count). The van der Waals surface area contributed by atoms with Crippen LogP contribution in [0.1, 0.15) is 6.42 Å². The number of anilines is 1.